The number of phenolic OH excluding ortho intramolecular Hbond substituents is 1. The summed E-state index contributed by atoms with van der Waals surface area (Å²) < 4.78 is 0. The lowest BCUT2D eigenvalue weighted by Crippen LogP contribution is -2.63. The number of carbonyl (C=O) groups excluding carboxylic acids is 3. The van der Waals surface area contributed by atoms with Crippen LogP contribution in [0.15, 0.2) is 64.6 Å². The van der Waals surface area contributed by atoms with Gasteiger partial charge in [0.1, 0.15) is 22.8 Å². The fraction of sp³-hybridized carbons (Fsp3) is 0.378. The molecule has 0 aromatic heterocycles. The normalized spacial score (nSPS) is 25.4. The summed E-state index contributed by atoms with van der Waals surface area (Å²) in [5.74, 6) is -0.630. The van der Waals surface area contributed by atoms with Crippen LogP contribution >= 0.6 is 0 Å². The topological polar surface area (TPSA) is 165 Å². The molecule has 47 heavy (non-hydrogen) atoms. The van der Waals surface area contributed by atoms with Crippen LogP contribution in [0.2, 0.25) is 0 Å². The fourth-order valence-electron chi connectivity index (χ4n) is 7.71. The van der Waals surface area contributed by atoms with E-state index in [-0.39, 0.29) is 35.3 Å². The van der Waals surface area contributed by atoms with Crippen LogP contribution in [0.25, 0.3) is 11.1 Å². The average Bonchev–Trinajstić information content (AvgIpc) is 3.02. The number of allylic oxidation sites excluding steroid dienone is 3. The van der Waals surface area contributed by atoms with Crippen molar-refractivity contribution in [2.75, 3.05) is 33.1 Å². The van der Waals surface area contributed by atoms with Crippen molar-refractivity contribution >= 4 is 23.2 Å². The summed E-state index contributed by atoms with van der Waals surface area (Å²) in [6.07, 6.45) is 6.16. The molecule has 0 fully saturated rings. The molecule has 10 nitrogen and oxygen atoms in total. The zero-order valence-electron chi connectivity index (χ0n) is 26.9. The van der Waals surface area contributed by atoms with E-state index in [1.807, 2.05) is 43.3 Å². The highest BCUT2D eigenvalue weighted by molar-refractivity contribution is 6.25. The van der Waals surface area contributed by atoms with E-state index in [0.29, 0.717) is 11.1 Å². The molecule has 4 atom stereocenters. The predicted octanol–water partition coefficient (Wildman–Crippen LogP) is 3.71. The van der Waals surface area contributed by atoms with Crippen LogP contribution < -0.4 is 10.6 Å². The predicted molar refractivity (Wildman–Crippen MR) is 177 cm³/mol. The molecule has 4 aliphatic carbocycles. The number of hydrogen-bond acceptors (Lipinski definition) is 9. The molecule has 244 valence electrons. The molecule has 10 heteroatoms. The van der Waals surface area contributed by atoms with E-state index >= 15 is 0 Å². The second-order valence-corrected chi connectivity index (χ2v) is 13.3. The molecule has 0 heterocycles. The Morgan fingerprint density at radius 3 is 2.32 bits per heavy atom. The lowest BCUT2D eigenvalue weighted by atomic mass is 9.58. The van der Waals surface area contributed by atoms with E-state index < -0.39 is 58.0 Å². The molecule has 0 bridgehead atoms. The number of nitrogens with two attached hydrogens (primary N) is 1. The highest BCUT2D eigenvalue weighted by atomic mass is 16.3. The number of aliphatic hydroxyl groups is 3. The molecule has 0 saturated heterocycles. The maximum Gasteiger partial charge on any atom is 0.255 e. The van der Waals surface area contributed by atoms with Gasteiger partial charge in [-0.25, -0.2) is 0 Å². The zero-order chi connectivity index (χ0) is 33.9. The van der Waals surface area contributed by atoms with Crippen molar-refractivity contribution in [2.24, 2.45) is 17.6 Å². The second kappa shape index (κ2) is 11.7. The van der Waals surface area contributed by atoms with Gasteiger partial charge in [0.25, 0.3) is 5.91 Å². The minimum absolute atomic E-state index is 0.0151. The van der Waals surface area contributed by atoms with E-state index in [0.717, 1.165) is 42.5 Å². The molecular weight excluding hydrogens is 598 g/mol. The number of Topliss-reactive ketones (excluding diaryl/α,β-unsaturated/α-hetero) is 2. The van der Waals surface area contributed by atoms with Crippen molar-refractivity contribution in [3.05, 3.63) is 81.3 Å². The number of primary amides is 1. The van der Waals surface area contributed by atoms with E-state index in [4.69, 9.17) is 5.73 Å². The minimum Gasteiger partial charge on any atom is -0.510 e. The number of fused-ring (bicyclic) bond motifs is 3. The molecule has 2 aromatic carbocycles. The number of amides is 1. The van der Waals surface area contributed by atoms with Gasteiger partial charge in [0.05, 0.1) is 17.2 Å². The molecule has 1 amide bonds. The summed E-state index contributed by atoms with van der Waals surface area (Å²) in [5.41, 5.74) is 5.90. The van der Waals surface area contributed by atoms with E-state index in [2.05, 4.69) is 17.9 Å². The first kappa shape index (κ1) is 32.1. The Bertz CT molecular complexity index is 1870. The number of anilines is 1. The van der Waals surface area contributed by atoms with Crippen LogP contribution in [0.5, 0.6) is 5.75 Å². The van der Waals surface area contributed by atoms with Gasteiger partial charge in [-0.2, -0.15) is 0 Å². The third kappa shape index (κ3) is 5.01. The van der Waals surface area contributed by atoms with Gasteiger partial charge in [-0.1, -0.05) is 30.0 Å². The summed E-state index contributed by atoms with van der Waals surface area (Å²) in [6, 6.07) is 8.51. The van der Waals surface area contributed by atoms with Crippen LogP contribution in [0.1, 0.15) is 53.6 Å². The third-order valence-electron chi connectivity index (χ3n) is 10.1. The van der Waals surface area contributed by atoms with Gasteiger partial charge in [-0.15, -0.1) is 0 Å². The van der Waals surface area contributed by atoms with Crippen molar-refractivity contribution in [3.8, 4) is 28.7 Å². The van der Waals surface area contributed by atoms with Gasteiger partial charge in [0, 0.05) is 31.3 Å². The Hall–Kier alpha value is -4.85. The largest absolute Gasteiger partial charge is 0.510 e. The van der Waals surface area contributed by atoms with Gasteiger partial charge >= 0.3 is 0 Å². The summed E-state index contributed by atoms with van der Waals surface area (Å²) in [6.45, 7) is 0. The molecule has 2 aromatic rings. The fourth-order valence-corrected chi connectivity index (χ4v) is 7.71. The van der Waals surface area contributed by atoms with Crippen molar-refractivity contribution < 1.29 is 34.8 Å². The first-order valence-electron chi connectivity index (χ1n) is 15.8. The van der Waals surface area contributed by atoms with Crippen LogP contribution in [-0.2, 0) is 16.0 Å². The number of benzene rings is 2. The summed E-state index contributed by atoms with van der Waals surface area (Å²) >= 11 is 0. The highest BCUT2D eigenvalue weighted by Crippen LogP contribution is 2.53. The number of aliphatic hydroxyl groups excluding tert-OH is 2. The number of hydrogen-bond donors (Lipinski definition) is 5. The number of ketones is 2. The second-order valence-electron chi connectivity index (χ2n) is 13.3. The van der Waals surface area contributed by atoms with Gasteiger partial charge in [-0.3, -0.25) is 19.3 Å². The van der Waals surface area contributed by atoms with Crippen molar-refractivity contribution in [3.63, 3.8) is 0 Å². The maximum absolute atomic E-state index is 14.5. The quantitative estimate of drug-likeness (QED) is 0.248. The number of aromatic hydroxyl groups is 1. The Kier molecular flexibility index (Phi) is 8.02. The number of likely N-dealkylation sites (N-methyl/N-ethyl adjacent to an activating group) is 1. The maximum atomic E-state index is 14.5. The lowest BCUT2D eigenvalue weighted by Gasteiger charge is -2.50. The van der Waals surface area contributed by atoms with E-state index in [9.17, 15) is 34.8 Å². The minimum atomic E-state index is -2.70. The van der Waals surface area contributed by atoms with E-state index in [1.54, 1.807) is 20.2 Å². The molecule has 4 unspecified atom stereocenters. The van der Waals surface area contributed by atoms with Gasteiger partial charge in [0.15, 0.2) is 11.4 Å². The summed E-state index contributed by atoms with van der Waals surface area (Å²) in [5, 5.41) is 46.3. The van der Waals surface area contributed by atoms with Crippen LogP contribution in [0.4, 0.5) is 5.69 Å². The molecular formula is C37H39N3O7. The monoisotopic (exact) mass is 637 g/mol. The molecule has 0 saturated carbocycles. The first-order chi connectivity index (χ1) is 22.3. The summed E-state index contributed by atoms with van der Waals surface area (Å²) in [7, 11) is 7.08. The Morgan fingerprint density at radius 2 is 1.72 bits per heavy atom. The smallest absolute Gasteiger partial charge is 0.255 e. The molecule has 4 aliphatic rings. The van der Waals surface area contributed by atoms with E-state index in [1.165, 1.54) is 4.90 Å². The molecule has 0 radical (unpaired) electrons. The Morgan fingerprint density at radius 1 is 1.02 bits per heavy atom. The summed E-state index contributed by atoms with van der Waals surface area (Å²) in [4.78, 5) is 43.9. The third-order valence-corrected chi connectivity index (χ3v) is 10.1. The zero-order valence-corrected chi connectivity index (χ0v) is 26.9. The molecule has 0 spiro atoms. The molecule has 0 aliphatic heterocycles. The van der Waals surface area contributed by atoms with Crippen molar-refractivity contribution in [1.29, 1.82) is 0 Å². The standard InChI is InChI=1S/C37H39N3O7/c1-39(2)23-14-12-20(13-15-23)24-16-21(11-10-19-8-6-5-7-9-19)31(41)28-25(24)17-22-18-26-30(40(3)4)33(43)29(36(38)46)35(45)37(26,47)34(44)27(22)32(28)42/h8,12-16,22,26,30,41,43-44,47H,5-7,9,17-18H2,1-4H3,(H2,38,46). The first-order valence-corrected chi connectivity index (χ1v) is 15.8. The van der Waals surface area contributed by atoms with Crippen LogP contribution in [0, 0.1) is 23.7 Å². The lowest BCUT2D eigenvalue weighted by molar-refractivity contribution is -0.148. The SMILES string of the molecule is CN(C)c1ccc(-c2cc(C#CC3=CCCCC3)c(O)c3c2CC2CC4C(N(C)C)C(O)=C(C(N)=O)C(=O)C4(O)C(O)=C2C3=O)cc1. The van der Waals surface area contributed by atoms with Gasteiger partial charge in [0.2, 0.25) is 5.78 Å². The highest BCUT2D eigenvalue weighted by Gasteiger charge is 2.63. The molecule has 6 N–H and O–H groups in total. The number of phenols is 1. The number of rotatable bonds is 4. The number of carbonyl (C=O) groups is 3. The van der Waals surface area contributed by atoms with Crippen molar-refractivity contribution in [1.82, 2.24) is 4.90 Å². The molecule has 6 rings (SSSR count). The number of nitrogens with zero attached hydrogens (tertiary/aromatic N) is 2. The van der Waals surface area contributed by atoms with Crippen LogP contribution in [-0.4, -0.2) is 82.6 Å². The van der Waals surface area contributed by atoms with Crippen LogP contribution in [0.3, 0.4) is 0 Å². The average molecular weight is 638 g/mol. The van der Waals surface area contributed by atoms with Gasteiger partial charge < -0.3 is 31.1 Å². The Labute approximate surface area is 273 Å². The van der Waals surface area contributed by atoms with Gasteiger partial charge in [-0.05, 0) is 99.0 Å². The van der Waals surface area contributed by atoms with Crippen molar-refractivity contribution in [2.45, 2.75) is 50.2 Å². The Balaban J connectivity index is 1.56.